The van der Waals surface area contributed by atoms with Gasteiger partial charge in [-0.3, -0.25) is 0 Å². The van der Waals surface area contributed by atoms with Gasteiger partial charge in [-0.2, -0.15) is 0 Å². The molecule has 0 aromatic rings. The second-order valence-corrected chi connectivity index (χ2v) is 0. The van der Waals surface area contributed by atoms with Crippen molar-refractivity contribution < 1.29 is 34.1 Å². The molecule has 0 aliphatic heterocycles. The molecule has 0 N–H and O–H groups in total. The van der Waals surface area contributed by atoms with E-state index in [4.69, 9.17) is 71.0 Å². The molecule has 9 heteroatoms. The Morgan fingerprint density at radius 3 is 0.400 bits per heavy atom. The van der Waals surface area contributed by atoms with Crippen molar-refractivity contribution in [3.63, 3.8) is 0 Å². The molecule has 0 saturated heterocycles. The molecule has 0 unspecified atom stereocenters. The minimum Gasteiger partial charge on any atom is -0.512 e. The van der Waals surface area contributed by atoms with E-state index in [1.165, 1.54) is 0 Å². The van der Waals surface area contributed by atoms with Gasteiger partial charge in [0.1, 0.15) is 0 Å². The fourth-order valence-electron chi connectivity index (χ4n) is 0. The van der Waals surface area contributed by atoms with E-state index in [0.29, 0.717) is 0 Å². The standard InChI is InChI=1S/6CN.Fe.K.Mn/c6*1-2;;;/q6*-1;+3;;+3. The maximum Gasteiger partial charge on any atom is 3.00 e. The third kappa shape index (κ3) is 12400. The summed E-state index contributed by atoms with van der Waals surface area (Å²) in [7, 11) is 0. The maximum absolute atomic E-state index is 6.25. The zero-order valence-electron chi connectivity index (χ0n) is 7.41. The van der Waals surface area contributed by atoms with Gasteiger partial charge >= 0.3 is 34.1 Å². The third-order valence-electron chi connectivity index (χ3n) is 0. The van der Waals surface area contributed by atoms with Crippen LogP contribution >= 0.6 is 0 Å². The predicted molar refractivity (Wildman–Crippen MR) is 35.6 cm³/mol. The van der Waals surface area contributed by atoms with Gasteiger partial charge in [0.25, 0.3) is 0 Å². The molecule has 0 aromatic heterocycles. The first-order valence-corrected chi connectivity index (χ1v) is 1.34. The summed E-state index contributed by atoms with van der Waals surface area (Å²) in [5.41, 5.74) is 0. The largest absolute Gasteiger partial charge is 3.00 e. The molecule has 0 amide bonds. The summed E-state index contributed by atoms with van der Waals surface area (Å²) >= 11 is 0. The van der Waals surface area contributed by atoms with Gasteiger partial charge in [0.15, 0.2) is 0 Å². The van der Waals surface area contributed by atoms with Crippen molar-refractivity contribution in [1.82, 2.24) is 0 Å². The fraction of sp³-hybridized carbons (Fsp3) is 0. The number of nitrogens with zero attached hydrogens (tertiary/aromatic N) is 6. The van der Waals surface area contributed by atoms with E-state index in [0.717, 1.165) is 0 Å². The summed E-state index contributed by atoms with van der Waals surface area (Å²) in [5.74, 6) is 0. The Morgan fingerprint density at radius 2 is 0.400 bits per heavy atom. The van der Waals surface area contributed by atoms with Crippen molar-refractivity contribution in [2.24, 2.45) is 0 Å². The maximum atomic E-state index is 6.25. The van der Waals surface area contributed by atoms with Gasteiger partial charge in [0, 0.05) is 51.4 Å². The normalized spacial score (nSPS) is 0.800. The number of hydrogen-bond donors (Lipinski definition) is 0. The Balaban J connectivity index is -0.00000000396. The first kappa shape index (κ1) is 85.9. The third-order valence-corrected chi connectivity index (χ3v) is 0. The average Bonchev–Trinajstić information content (AvgIpc) is 2.33. The first-order valence-electron chi connectivity index (χ1n) is 1.34. The molecule has 0 rings (SSSR count). The zero-order chi connectivity index (χ0) is 12.0. The smallest absolute Gasteiger partial charge is 0.512 e. The molecule has 0 heterocycles. The van der Waals surface area contributed by atoms with Crippen molar-refractivity contribution in [2.75, 3.05) is 0 Å². The summed E-state index contributed by atoms with van der Waals surface area (Å²) in [4.78, 5) is 0. The van der Waals surface area contributed by atoms with Crippen LogP contribution in [-0.2, 0) is 34.1 Å². The van der Waals surface area contributed by atoms with Crippen LogP contribution in [0, 0.1) is 71.0 Å². The molecular formula is C6FeKMnN6. The Morgan fingerprint density at radius 1 is 0.400 bits per heavy atom. The Kier molecular flexibility index (Phi) is 83900. The van der Waals surface area contributed by atoms with Crippen molar-refractivity contribution in [3.05, 3.63) is 39.4 Å². The monoisotopic (exact) mass is 306 g/mol. The van der Waals surface area contributed by atoms with E-state index in [1.54, 1.807) is 0 Å². The van der Waals surface area contributed by atoms with Gasteiger partial charge in [0.05, 0.1) is 0 Å². The molecule has 0 aliphatic rings. The van der Waals surface area contributed by atoms with E-state index in [9.17, 15) is 0 Å². The molecule has 0 aliphatic carbocycles. The molecule has 0 saturated carbocycles. The van der Waals surface area contributed by atoms with Gasteiger partial charge in [0.2, 0.25) is 0 Å². The number of rotatable bonds is 0. The second kappa shape index (κ2) is 14600. The van der Waals surface area contributed by atoms with Gasteiger partial charge < -0.3 is 71.0 Å². The molecule has 2 radical (unpaired) electrons. The fourth-order valence-corrected chi connectivity index (χ4v) is 0. The van der Waals surface area contributed by atoms with Crippen LogP contribution < -0.4 is 0 Å². The van der Waals surface area contributed by atoms with Crippen molar-refractivity contribution >= 4 is 51.4 Å². The van der Waals surface area contributed by atoms with Gasteiger partial charge in [-0.15, -0.1) is 0 Å². The topological polar surface area (TPSA) is 143 Å². The van der Waals surface area contributed by atoms with Crippen LogP contribution in [0.4, 0.5) is 0 Å². The second-order valence-electron chi connectivity index (χ2n) is 0. The van der Waals surface area contributed by atoms with Crippen LogP contribution in [-0.4, -0.2) is 51.4 Å². The predicted octanol–water partition coefficient (Wildman–Crippen LogP) is 0.192. The zero-order valence-corrected chi connectivity index (χ0v) is 12.8. The molecule has 0 fully saturated rings. The van der Waals surface area contributed by atoms with Crippen LogP contribution in [0.5, 0.6) is 0 Å². The molecule has 6 nitrogen and oxygen atoms in total. The van der Waals surface area contributed by atoms with E-state index >= 15 is 0 Å². The molecule has 0 atom stereocenters. The molecule has 0 bridgehead atoms. The minimum atomic E-state index is 0. The van der Waals surface area contributed by atoms with Crippen molar-refractivity contribution in [3.8, 4) is 0 Å². The van der Waals surface area contributed by atoms with Gasteiger partial charge in [-0.05, 0) is 0 Å². The van der Waals surface area contributed by atoms with Crippen molar-refractivity contribution in [2.45, 2.75) is 0 Å². The summed E-state index contributed by atoms with van der Waals surface area (Å²) in [5, 5.41) is 37.5. The van der Waals surface area contributed by atoms with Crippen LogP contribution in [0.15, 0.2) is 0 Å². The van der Waals surface area contributed by atoms with Gasteiger partial charge in [-0.25, -0.2) is 0 Å². The Hall–Kier alpha value is -0.385. The SMILES string of the molecule is [C-]#N.[C-]#N.[C-]#N.[C-]#N.[C-]#N.[C-]#N.[Fe+3].[K].[Mn+3]. The first-order chi connectivity index (χ1) is 6.00. The van der Waals surface area contributed by atoms with Crippen LogP contribution in [0.3, 0.4) is 0 Å². The minimum absolute atomic E-state index is 0. The molecule has 15 heavy (non-hydrogen) atoms. The van der Waals surface area contributed by atoms with E-state index in [1.807, 2.05) is 0 Å². The summed E-state index contributed by atoms with van der Waals surface area (Å²) < 4.78 is 0. The van der Waals surface area contributed by atoms with Crippen LogP contribution in [0.1, 0.15) is 0 Å². The summed E-state index contributed by atoms with van der Waals surface area (Å²) in [6, 6.07) is 0. The average molecular weight is 306 g/mol. The Labute approximate surface area is 154 Å². The van der Waals surface area contributed by atoms with E-state index < -0.39 is 0 Å². The van der Waals surface area contributed by atoms with Crippen molar-refractivity contribution in [1.29, 1.82) is 31.6 Å². The quantitative estimate of drug-likeness (QED) is 0.461. The van der Waals surface area contributed by atoms with E-state index in [-0.39, 0.29) is 85.5 Å². The number of hydrogen-bond acceptors (Lipinski definition) is 6. The van der Waals surface area contributed by atoms with E-state index in [2.05, 4.69) is 0 Å². The summed E-state index contributed by atoms with van der Waals surface area (Å²) in [6.07, 6.45) is 0. The van der Waals surface area contributed by atoms with Gasteiger partial charge in [-0.1, -0.05) is 0 Å². The summed E-state index contributed by atoms with van der Waals surface area (Å²) in [6.45, 7) is 28.5. The van der Waals surface area contributed by atoms with Crippen LogP contribution in [0.25, 0.3) is 0 Å². The molecule has 70 valence electrons. The molecular weight excluding hydrogens is 306 g/mol. The van der Waals surface area contributed by atoms with Crippen LogP contribution in [0.2, 0.25) is 0 Å². The molecule has 0 aromatic carbocycles. The molecule has 0 spiro atoms. The Bertz CT molecular complexity index is 103.